The number of carbonyl (C=O) groups excluding carboxylic acids is 1. The van der Waals surface area contributed by atoms with Crippen LogP contribution in [-0.2, 0) is 9.84 Å². The van der Waals surface area contributed by atoms with Gasteiger partial charge < -0.3 is 11.1 Å². The largest absolute Gasteiger partial charge is 0.346 e. The van der Waals surface area contributed by atoms with Crippen LogP contribution in [0.1, 0.15) is 42.4 Å². The van der Waals surface area contributed by atoms with Crippen molar-refractivity contribution in [3.63, 3.8) is 0 Å². The van der Waals surface area contributed by atoms with Gasteiger partial charge in [0.25, 0.3) is 5.91 Å². The number of nitrogens with one attached hydrogen (secondary N) is 1. The van der Waals surface area contributed by atoms with Crippen LogP contribution in [0.15, 0.2) is 47.4 Å². The Morgan fingerprint density at radius 3 is 2.35 bits per heavy atom. The molecule has 9 heteroatoms. The Hall–Kier alpha value is -3.12. The lowest BCUT2D eigenvalue weighted by atomic mass is 10.0. The van der Waals surface area contributed by atoms with E-state index in [2.05, 4.69) is 22.3 Å². The van der Waals surface area contributed by atoms with Gasteiger partial charge in [-0.05, 0) is 58.0 Å². The third-order valence-corrected chi connectivity index (χ3v) is 6.32. The highest BCUT2D eigenvalue weighted by Gasteiger charge is 2.25. The first-order valence-corrected chi connectivity index (χ1v) is 12.8. The average Bonchev–Trinajstić information content (AvgIpc) is 3.07. The van der Waals surface area contributed by atoms with Crippen LogP contribution < -0.4 is 11.1 Å². The summed E-state index contributed by atoms with van der Waals surface area (Å²) in [6.45, 7) is 7.70. The van der Waals surface area contributed by atoms with Crippen molar-refractivity contribution in [1.82, 2.24) is 15.1 Å². The zero-order chi connectivity index (χ0) is 25.3. The van der Waals surface area contributed by atoms with Gasteiger partial charge in [0.2, 0.25) is 0 Å². The SMILES string of the molecule is Cc1c(C(=O)NC(C)(C)C)nn(-c2ccc(C#CCN)cc2Cl)c1-c1ccc(S(C)(=O)=O)cc1. The molecule has 0 fully saturated rings. The molecule has 0 spiro atoms. The zero-order valence-corrected chi connectivity index (χ0v) is 21.3. The van der Waals surface area contributed by atoms with Crippen molar-refractivity contribution in [2.75, 3.05) is 12.8 Å². The molecule has 0 atom stereocenters. The standard InChI is InChI=1S/C25H27ClN4O3S/c1-16-22(24(31)28-25(2,3)4)29-30(21-13-8-17(7-6-14-27)15-20(21)26)23(16)18-9-11-19(12-10-18)34(5,32)33/h8-13,15H,14,27H2,1-5H3,(H,28,31). The maximum Gasteiger partial charge on any atom is 0.272 e. The van der Waals surface area contributed by atoms with Crippen LogP contribution in [0, 0.1) is 18.8 Å². The number of aromatic nitrogens is 2. The molecule has 0 aliphatic heterocycles. The number of hydrogen-bond acceptors (Lipinski definition) is 5. The molecule has 0 saturated carbocycles. The molecule has 0 radical (unpaired) electrons. The van der Waals surface area contributed by atoms with E-state index in [9.17, 15) is 13.2 Å². The van der Waals surface area contributed by atoms with Crippen LogP contribution in [0.4, 0.5) is 0 Å². The summed E-state index contributed by atoms with van der Waals surface area (Å²) in [5, 5.41) is 7.94. The summed E-state index contributed by atoms with van der Waals surface area (Å²) in [5.74, 6) is 5.41. The maximum atomic E-state index is 13.0. The van der Waals surface area contributed by atoms with Gasteiger partial charge in [0.15, 0.2) is 15.5 Å². The minimum atomic E-state index is -3.35. The normalized spacial score (nSPS) is 11.6. The fraction of sp³-hybridized carbons (Fsp3) is 0.280. The van der Waals surface area contributed by atoms with Gasteiger partial charge in [0, 0.05) is 28.5 Å². The quantitative estimate of drug-likeness (QED) is 0.533. The summed E-state index contributed by atoms with van der Waals surface area (Å²) in [6.07, 6.45) is 1.15. The first-order valence-electron chi connectivity index (χ1n) is 10.5. The highest BCUT2D eigenvalue weighted by molar-refractivity contribution is 7.90. The van der Waals surface area contributed by atoms with E-state index < -0.39 is 15.4 Å². The topological polar surface area (TPSA) is 107 Å². The Morgan fingerprint density at radius 1 is 1.18 bits per heavy atom. The van der Waals surface area contributed by atoms with Crippen molar-refractivity contribution in [2.45, 2.75) is 38.1 Å². The predicted octanol–water partition coefficient (Wildman–Crippen LogP) is 3.74. The Kier molecular flexibility index (Phi) is 7.22. The van der Waals surface area contributed by atoms with Crippen molar-refractivity contribution in [3.8, 4) is 28.8 Å². The summed E-state index contributed by atoms with van der Waals surface area (Å²) in [5.41, 5.74) is 8.46. The number of carbonyl (C=O) groups is 1. The van der Waals surface area contributed by atoms with E-state index in [1.54, 1.807) is 41.9 Å². The number of halogens is 1. The molecule has 1 amide bonds. The summed E-state index contributed by atoms with van der Waals surface area (Å²) >= 11 is 6.60. The number of nitrogens with zero attached hydrogens (tertiary/aromatic N) is 2. The molecule has 1 heterocycles. The highest BCUT2D eigenvalue weighted by Crippen LogP contribution is 2.32. The molecule has 0 saturated heterocycles. The van der Waals surface area contributed by atoms with Gasteiger partial charge in [-0.15, -0.1) is 0 Å². The number of amides is 1. The molecule has 0 bridgehead atoms. The average molecular weight is 499 g/mol. The van der Waals surface area contributed by atoms with Gasteiger partial charge in [-0.25, -0.2) is 13.1 Å². The molecule has 3 aromatic rings. The predicted molar refractivity (Wildman–Crippen MR) is 135 cm³/mol. The van der Waals surface area contributed by atoms with E-state index in [1.165, 1.54) is 12.1 Å². The second kappa shape index (κ2) is 9.63. The number of nitrogens with two attached hydrogens (primary N) is 1. The van der Waals surface area contributed by atoms with E-state index in [0.717, 1.165) is 6.26 Å². The molecule has 1 aromatic heterocycles. The van der Waals surface area contributed by atoms with E-state index in [0.29, 0.717) is 33.1 Å². The van der Waals surface area contributed by atoms with E-state index in [-0.39, 0.29) is 23.0 Å². The maximum absolute atomic E-state index is 13.0. The van der Waals surface area contributed by atoms with Crippen LogP contribution in [0.5, 0.6) is 0 Å². The van der Waals surface area contributed by atoms with Gasteiger partial charge in [0.1, 0.15) is 0 Å². The Bertz CT molecular complexity index is 1410. The summed E-state index contributed by atoms with van der Waals surface area (Å²) in [7, 11) is -3.35. The lowest BCUT2D eigenvalue weighted by molar-refractivity contribution is 0.0913. The Balaban J connectivity index is 2.22. The highest BCUT2D eigenvalue weighted by atomic mass is 35.5. The minimum Gasteiger partial charge on any atom is -0.346 e. The van der Waals surface area contributed by atoms with Crippen molar-refractivity contribution in [1.29, 1.82) is 0 Å². The van der Waals surface area contributed by atoms with E-state index in [4.69, 9.17) is 17.3 Å². The summed E-state index contributed by atoms with van der Waals surface area (Å²) in [6, 6.07) is 11.7. The van der Waals surface area contributed by atoms with Crippen LogP contribution in [0.25, 0.3) is 16.9 Å². The van der Waals surface area contributed by atoms with Crippen molar-refractivity contribution in [3.05, 3.63) is 64.3 Å². The molecule has 34 heavy (non-hydrogen) atoms. The third kappa shape index (κ3) is 5.68. The van der Waals surface area contributed by atoms with Gasteiger partial charge >= 0.3 is 0 Å². The van der Waals surface area contributed by atoms with Gasteiger partial charge in [-0.2, -0.15) is 5.10 Å². The van der Waals surface area contributed by atoms with Crippen LogP contribution in [0.3, 0.4) is 0 Å². The third-order valence-electron chi connectivity index (χ3n) is 4.89. The lowest BCUT2D eigenvalue weighted by Crippen LogP contribution is -2.41. The lowest BCUT2D eigenvalue weighted by Gasteiger charge is -2.19. The molecule has 2 aromatic carbocycles. The van der Waals surface area contributed by atoms with Crippen LogP contribution in [0.2, 0.25) is 5.02 Å². The molecular weight excluding hydrogens is 472 g/mol. The molecular formula is C25H27ClN4O3S. The molecule has 7 nitrogen and oxygen atoms in total. The van der Waals surface area contributed by atoms with Gasteiger partial charge in [-0.1, -0.05) is 35.6 Å². The first-order chi connectivity index (χ1) is 15.8. The van der Waals surface area contributed by atoms with Crippen LogP contribution >= 0.6 is 11.6 Å². The van der Waals surface area contributed by atoms with E-state index >= 15 is 0 Å². The second-order valence-corrected chi connectivity index (χ2v) is 11.3. The van der Waals surface area contributed by atoms with Gasteiger partial charge in [0.05, 0.1) is 27.8 Å². The van der Waals surface area contributed by atoms with Crippen LogP contribution in [-0.4, -0.2) is 42.4 Å². The molecule has 3 N–H and O–H groups in total. The molecule has 3 rings (SSSR count). The smallest absolute Gasteiger partial charge is 0.272 e. The fourth-order valence-electron chi connectivity index (χ4n) is 3.39. The molecule has 0 aliphatic carbocycles. The number of sulfone groups is 1. The van der Waals surface area contributed by atoms with E-state index in [1.807, 2.05) is 20.8 Å². The number of benzene rings is 2. The van der Waals surface area contributed by atoms with Gasteiger partial charge in [-0.3, -0.25) is 4.79 Å². The zero-order valence-electron chi connectivity index (χ0n) is 19.7. The monoisotopic (exact) mass is 498 g/mol. The second-order valence-electron chi connectivity index (χ2n) is 8.91. The fourth-order valence-corrected chi connectivity index (χ4v) is 4.29. The molecule has 178 valence electrons. The molecule has 0 aliphatic rings. The van der Waals surface area contributed by atoms with Crippen molar-refractivity contribution in [2.24, 2.45) is 5.73 Å². The summed E-state index contributed by atoms with van der Waals surface area (Å²) < 4.78 is 25.4. The Morgan fingerprint density at radius 2 is 1.82 bits per heavy atom. The number of rotatable bonds is 4. The van der Waals surface area contributed by atoms with Crippen molar-refractivity contribution >= 4 is 27.3 Å². The Labute approximate surface area is 205 Å². The molecule has 0 unspecified atom stereocenters. The summed E-state index contributed by atoms with van der Waals surface area (Å²) in [4.78, 5) is 13.2. The first kappa shape index (κ1) is 25.5. The van der Waals surface area contributed by atoms with Crippen molar-refractivity contribution < 1.29 is 13.2 Å². The minimum absolute atomic E-state index is 0.200. The number of hydrogen-bond donors (Lipinski definition) is 2.